The molecule has 1 aromatic heterocycles. The van der Waals surface area contributed by atoms with Crippen molar-refractivity contribution >= 4 is 33.0 Å². The van der Waals surface area contributed by atoms with E-state index in [1.54, 1.807) is 37.4 Å². The van der Waals surface area contributed by atoms with Crippen molar-refractivity contribution in [3.05, 3.63) is 69.2 Å². The third-order valence-electron chi connectivity index (χ3n) is 5.18. The summed E-state index contributed by atoms with van der Waals surface area (Å²) in [6.07, 6.45) is 2.85. The normalized spacial score (nSPS) is 13.1. The van der Waals surface area contributed by atoms with E-state index in [0.717, 1.165) is 47.3 Å². The van der Waals surface area contributed by atoms with Gasteiger partial charge in [-0.3, -0.25) is 4.72 Å². The van der Waals surface area contributed by atoms with Crippen LogP contribution in [0.15, 0.2) is 40.1 Å². The Balaban J connectivity index is 1.61. The second kappa shape index (κ2) is 8.32. The number of fused-ring (bicyclic) bond motifs is 1. The largest absolute Gasteiger partial charge is 0.487 e. The molecule has 1 aliphatic rings. The molecule has 0 aliphatic heterocycles. The zero-order valence-electron chi connectivity index (χ0n) is 17.1. The lowest BCUT2D eigenvalue weighted by Crippen LogP contribution is -2.14. The number of rotatable bonds is 7. The SMILES string of the molecule is Cc1csc(S(=O)(=O)Nc2cc3c(cc2OCc2ccc(C(=O)O)c(C)c2)CCC3)n1. The van der Waals surface area contributed by atoms with Gasteiger partial charge < -0.3 is 9.84 Å². The number of sulfonamides is 1. The van der Waals surface area contributed by atoms with Gasteiger partial charge in [-0.1, -0.05) is 12.1 Å². The van der Waals surface area contributed by atoms with E-state index < -0.39 is 16.0 Å². The molecule has 0 saturated carbocycles. The summed E-state index contributed by atoms with van der Waals surface area (Å²) >= 11 is 1.07. The molecule has 7 nitrogen and oxygen atoms in total. The van der Waals surface area contributed by atoms with Crippen LogP contribution in [0, 0.1) is 13.8 Å². The summed E-state index contributed by atoms with van der Waals surface area (Å²) in [5, 5.41) is 10.9. The van der Waals surface area contributed by atoms with Gasteiger partial charge in [0.25, 0.3) is 10.0 Å². The highest BCUT2D eigenvalue weighted by Gasteiger charge is 2.23. The van der Waals surface area contributed by atoms with Crippen LogP contribution < -0.4 is 9.46 Å². The minimum Gasteiger partial charge on any atom is -0.487 e. The van der Waals surface area contributed by atoms with Crippen molar-refractivity contribution < 1.29 is 23.1 Å². The van der Waals surface area contributed by atoms with Crippen molar-refractivity contribution in [2.45, 2.75) is 44.1 Å². The molecule has 2 N–H and O–H groups in total. The quantitative estimate of drug-likeness (QED) is 0.546. The molecule has 31 heavy (non-hydrogen) atoms. The lowest BCUT2D eigenvalue weighted by atomic mass is 10.1. The number of carbonyl (C=O) groups is 1. The predicted molar refractivity (Wildman–Crippen MR) is 119 cm³/mol. The molecule has 0 unspecified atom stereocenters. The van der Waals surface area contributed by atoms with E-state index >= 15 is 0 Å². The zero-order chi connectivity index (χ0) is 22.2. The van der Waals surface area contributed by atoms with Crippen LogP contribution >= 0.6 is 11.3 Å². The van der Waals surface area contributed by atoms with Gasteiger partial charge in [-0.05, 0) is 73.6 Å². The minimum absolute atomic E-state index is 0.0105. The average molecular weight is 459 g/mol. The molecule has 4 rings (SSSR count). The monoisotopic (exact) mass is 458 g/mol. The summed E-state index contributed by atoms with van der Waals surface area (Å²) < 4.78 is 34.3. The Morgan fingerprint density at radius 1 is 1.19 bits per heavy atom. The molecule has 3 aromatic rings. The van der Waals surface area contributed by atoms with Crippen LogP contribution in [0.5, 0.6) is 5.75 Å². The molecule has 162 valence electrons. The number of ether oxygens (including phenoxy) is 1. The highest BCUT2D eigenvalue weighted by atomic mass is 32.2. The smallest absolute Gasteiger partial charge is 0.335 e. The third-order valence-corrected chi connectivity index (χ3v) is 7.92. The maximum absolute atomic E-state index is 12.8. The Morgan fingerprint density at radius 3 is 2.58 bits per heavy atom. The molecular formula is C22H22N2O5S2. The lowest BCUT2D eigenvalue weighted by Gasteiger charge is -2.15. The van der Waals surface area contributed by atoms with Gasteiger partial charge in [0.1, 0.15) is 12.4 Å². The van der Waals surface area contributed by atoms with Crippen molar-refractivity contribution in [1.82, 2.24) is 4.98 Å². The number of thiazole rings is 1. The van der Waals surface area contributed by atoms with Crippen LogP contribution in [0.3, 0.4) is 0 Å². The van der Waals surface area contributed by atoms with Crippen LogP contribution in [0.1, 0.15) is 44.7 Å². The van der Waals surface area contributed by atoms with E-state index in [9.17, 15) is 18.3 Å². The zero-order valence-corrected chi connectivity index (χ0v) is 18.8. The molecule has 1 heterocycles. The number of hydrogen-bond acceptors (Lipinski definition) is 6. The Bertz CT molecular complexity index is 1260. The van der Waals surface area contributed by atoms with Gasteiger partial charge >= 0.3 is 5.97 Å². The molecule has 0 radical (unpaired) electrons. The van der Waals surface area contributed by atoms with Crippen molar-refractivity contribution in [3.8, 4) is 5.75 Å². The Morgan fingerprint density at radius 2 is 1.94 bits per heavy atom. The van der Waals surface area contributed by atoms with Crippen molar-refractivity contribution in [3.63, 3.8) is 0 Å². The highest BCUT2D eigenvalue weighted by molar-refractivity contribution is 7.94. The molecule has 0 amide bonds. The number of anilines is 1. The maximum atomic E-state index is 12.8. The molecule has 1 aliphatic carbocycles. The van der Waals surface area contributed by atoms with Crippen LogP contribution in [-0.2, 0) is 29.5 Å². The van der Waals surface area contributed by atoms with Crippen LogP contribution in [0.25, 0.3) is 0 Å². The summed E-state index contributed by atoms with van der Waals surface area (Å²) in [5.74, 6) is -0.532. The molecule has 0 saturated heterocycles. The number of carboxylic acids is 1. The fourth-order valence-corrected chi connectivity index (χ4v) is 5.76. The molecule has 0 atom stereocenters. The summed E-state index contributed by atoms with van der Waals surface area (Å²) in [6.45, 7) is 3.67. The van der Waals surface area contributed by atoms with Crippen LogP contribution in [-0.4, -0.2) is 24.5 Å². The Hall–Kier alpha value is -2.91. The average Bonchev–Trinajstić information content (AvgIpc) is 3.34. The van der Waals surface area contributed by atoms with E-state index in [4.69, 9.17) is 4.74 Å². The third kappa shape index (κ3) is 4.57. The molecule has 9 heteroatoms. The van der Waals surface area contributed by atoms with Gasteiger partial charge in [-0.25, -0.2) is 9.78 Å². The Labute approximate surface area is 184 Å². The standard InChI is InChI=1S/C22H22N2O5S2/c1-13-8-15(6-7-18(13)21(25)26)11-29-20-10-17-5-3-4-16(17)9-19(20)24-31(27,28)22-23-14(2)12-30-22/h6-10,12,24H,3-5,11H2,1-2H3,(H,25,26). The fraction of sp³-hybridized carbons (Fsp3) is 0.273. The molecule has 0 spiro atoms. The molecule has 2 aromatic carbocycles. The van der Waals surface area contributed by atoms with Gasteiger partial charge in [-0.15, -0.1) is 11.3 Å². The van der Waals surface area contributed by atoms with Gasteiger partial charge in [0.05, 0.1) is 11.3 Å². The summed E-state index contributed by atoms with van der Waals surface area (Å²) in [7, 11) is -3.83. The number of nitrogens with zero attached hydrogens (tertiary/aromatic N) is 1. The first-order valence-electron chi connectivity index (χ1n) is 9.79. The second-order valence-corrected chi connectivity index (χ2v) is 10.3. The molecule has 0 fully saturated rings. The van der Waals surface area contributed by atoms with Crippen LogP contribution in [0.4, 0.5) is 5.69 Å². The number of aromatic nitrogens is 1. The first-order chi connectivity index (χ1) is 14.7. The summed E-state index contributed by atoms with van der Waals surface area (Å²) in [4.78, 5) is 15.3. The van der Waals surface area contributed by atoms with E-state index in [1.165, 1.54) is 0 Å². The topological polar surface area (TPSA) is 106 Å². The van der Waals surface area contributed by atoms with E-state index in [-0.39, 0.29) is 16.5 Å². The van der Waals surface area contributed by atoms with E-state index in [0.29, 0.717) is 22.7 Å². The van der Waals surface area contributed by atoms with Crippen molar-refractivity contribution in [1.29, 1.82) is 0 Å². The number of aryl methyl sites for hydroxylation is 4. The van der Waals surface area contributed by atoms with E-state index in [2.05, 4.69) is 9.71 Å². The van der Waals surface area contributed by atoms with Gasteiger partial charge in [-0.2, -0.15) is 8.42 Å². The second-order valence-electron chi connectivity index (χ2n) is 7.57. The number of benzene rings is 2. The van der Waals surface area contributed by atoms with Gasteiger partial charge in [0.15, 0.2) is 0 Å². The maximum Gasteiger partial charge on any atom is 0.335 e. The van der Waals surface area contributed by atoms with Crippen molar-refractivity contribution in [2.24, 2.45) is 0 Å². The lowest BCUT2D eigenvalue weighted by molar-refractivity contribution is 0.0696. The fourth-order valence-electron chi connectivity index (χ4n) is 3.66. The van der Waals surface area contributed by atoms with Gasteiger partial charge in [0, 0.05) is 11.1 Å². The van der Waals surface area contributed by atoms with Crippen molar-refractivity contribution in [2.75, 3.05) is 4.72 Å². The predicted octanol–water partition coefficient (Wildman–Crippen LogP) is 4.33. The summed E-state index contributed by atoms with van der Waals surface area (Å²) in [5.41, 5.74) is 4.98. The number of aromatic carboxylic acids is 1. The number of nitrogens with one attached hydrogen (secondary N) is 1. The van der Waals surface area contributed by atoms with Crippen LogP contribution in [0.2, 0.25) is 0 Å². The van der Waals surface area contributed by atoms with Gasteiger partial charge in [0.2, 0.25) is 4.34 Å². The number of hydrogen-bond donors (Lipinski definition) is 2. The molecule has 0 bridgehead atoms. The van der Waals surface area contributed by atoms with E-state index in [1.807, 2.05) is 12.1 Å². The molecular weight excluding hydrogens is 436 g/mol. The minimum atomic E-state index is -3.83. The number of carboxylic acid groups (broad SMARTS) is 1. The first-order valence-corrected chi connectivity index (χ1v) is 12.2. The highest BCUT2D eigenvalue weighted by Crippen LogP contribution is 2.35. The first kappa shape index (κ1) is 21.3. The summed E-state index contributed by atoms with van der Waals surface area (Å²) in [6, 6.07) is 8.75. The Kier molecular flexibility index (Phi) is 5.72.